The summed E-state index contributed by atoms with van der Waals surface area (Å²) in [5.74, 6) is -34.9. The van der Waals surface area contributed by atoms with Gasteiger partial charge in [0.25, 0.3) is 0 Å². The number of hydrogen-bond acceptors (Lipinski definition) is 2. The van der Waals surface area contributed by atoms with Crippen LogP contribution in [0.1, 0.15) is 0 Å². The monoisotopic (exact) mass is 430 g/mol. The lowest BCUT2D eigenvalue weighted by molar-refractivity contribution is -0.349. The van der Waals surface area contributed by atoms with Crippen LogP contribution in [0.3, 0.4) is 0 Å². The van der Waals surface area contributed by atoms with E-state index in [9.17, 15) is 69.9 Å². The van der Waals surface area contributed by atoms with Gasteiger partial charge in [-0.25, -0.2) is 8.42 Å². The van der Waals surface area contributed by atoms with Gasteiger partial charge in [0, 0.05) is 0 Å². The van der Waals surface area contributed by atoms with Gasteiger partial charge in [-0.05, 0) is 0 Å². The maximum absolute atomic E-state index is 12.8. The van der Waals surface area contributed by atoms with Gasteiger partial charge in [0.05, 0.1) is 0 Å². The van der Waals surface area contributed by atoms with E-state index < -0.39 is 57.4 Å². The maximum atomic E-state index is 12.8. The molecule has 0 spiro atoms. The van der Waals surface area contributed by atoms with E-state index in [-0.39, 0.29) is 0 Å². The third kappa shape index (κ3) is 4.58. The molecule has 0 saturated carbocycles. The van der Waals surface area contributed by atoms with Crippen LogP contribution < -0.4 is 0 Å². The molecule has 0 unspecified atom stereocenters. The summed E-state index contributed by atoms with van der Waals surface area (Å²) in [5.41, 5.74) is 0. The highest BCUT2D eigenvalue weighted by Crippen LogP contribution is 2.49. The van der Waals surface area contributed by atoms with Crippen LogP contribution in [-0.4, -0.2) is 56.0 Å². The SMILES string of the molecule is O=S(=O)(CC(F)(F)C(F)(F)C(F)(F)F)CC(F)(F)C(F)(F)C(F)(F)F. The van der Waals surface area contributed by atoms with Crippen LogP contribution in [0.2, 0.25) is 0 Å². The van der Waals surface area contributed by atoms with Gasteiger partial charge >= 0.3 is 36.0 Å². The molecule has 0 heterocycles. The smallest absolute Gasteiger partial charge is 0.228 e. The van der Waals surface area contributed by atoms with E-state index in [1.165, 1.54) is 0 Å². The zero-order valence-electron chi connectivity index (χ0n) is 10.9. The minimum Gasteiger partial charge on any atom is -0.228 e. The van der Waals surface area contributed by atoms with E-state index in [1.807, 2.05) is 0 Å². The maximum Gasteiger partial charge on any atom is 0.459 e. The van der Waals surface area contributed by atoms with Crippen molar-refractivity contribution < 1.29 is 69.9 Å². The zero-order chi connectivity index (χ0) is 20.9. The van der Waals surface area contributed by atoms with Gasteiger partial charge < -0.3 is 0 Å². The first-order valence-electron chi connectivity index (χ1n) is 5.26. The van der Waals surface area contributed by atoms with Gasteiger partial charge in [-0.3, -0.25) is 0 Å². The van der Waals surface area contributed by atoms with Crippen LogP contribution in [0.15, 0.2) is 0 Å². The molecular weight excluding hydrogens is 426 g/mol. The molecule has 0 aliphatic heterocycles. The second-order valence-corrected chi connectivity index (χ2v) is 6.65. The van der Waals surface area contributed by atoms with Gasteiger partial charge in [-0.1, -0.05) is 0 Å². The molecule has 17 heteroatoms. The lowest BCUT2D eigenvalue weighted by Crippen LogP contribution is -2.58. The first kappa shape index (κ1) is 24.0. The van der Waals surface area contributed by atoms with E-state index in [0.717, 1.165) is 0 Å². The molecule has 0 aromatic heterocycles. The standard InChI is InChI=1S/C8H4F14O2S/c9-3(10,5(13,14)7(17,18)19)1-25(23,24)2-4(11,12)6(15,16)8(20,21)22/h1-2H2. The second kappa shape index (κ2) is 6.00. The molecule has 0 aromatic carbocycles. The average Bonchev–Trinajstić information content (AvgIpc) is 2.21. The van der Waals surface area contributed by atoms with Crippen LogP contribution in [0, 0.1) is 0 Å². The topological polar surface area (TPSA) is 34.1 Å². The summed E-state index contributed by atoms with van der Waals surface area (Å²) in [6.45, 7) is 0. The molecule has 0 saturated heterocycles. The van der Waals surface area contributed by atoms with E-state index in [2.05, 4.69) is 0 Å². The lowest BCUT2D eigenvalue weighted by atomic mass is 10.2. The molecule has 0 atom stereocenters. The molecule has 0 aromatic rings. The van der Waals surface area contributed by atoms with Crippen molar-refractivity contribution in [3.8, 4) is 0 Å². The zero-order valence-corrected chi connectivity index (χ0v) is 11.7. The third-order valence-electron chi connectivity index (χ3n) is 2.43. The van der Waals surface area contributed by atoms with Crippen LogP contribution >= 0.6 is 0 Å². The fourth-order valence-electron chi connectivity index (χ4n) is 1.20. The Morgan fingerprint density at radius 3 is 0.840 bits per heavy atom. The normalized spacial score (nSPS) is 16.2. The fraction of sp³-hybridized carbons (Fsp3) is 1.00. The Labute approximate surface area is 128 Å². The highest BCUT2D eigenvalue weighted by Gasteiger charge is 2.76. The number of rotatable bonds is 6. The summed E-state index contributed by atoms with van der Waals surface area (Å²) in [6, 6.07) is 0. The summed E-state index contributed by atoms with van der Waals surface area (Å²) in [5, 5.41) is 0. The Morgan fingerprint density at radius 1 is 0.480 bits per heavy atom. The van der Waals surface area contributed by atoms with Crippen molar-refractivity contribution in [1.82, 2.24) is 0 Å². The first-order chi connectivity index (χ1) is 10.4. The minimum absolute atomic E-state index is 3.75. The Kier molecular flexibility index (Phi) is 5.76. The minimum atomic E-state index is -7.09. The summed E-state index contributed by atoms with van der Waals surface area (Å²) >= 11 is 0. The number of sulfone groups is 1. The Balaban J connectivity index is 5.71. The Morgan fingerprint density at radius 2 is 0.680 bits per heavy atom. The lowest BCUT2D eigenvalue weighted by Gasteiger charge is -2.30. The highest BCUT2D eigenvalue weighted by atomic mass is 32.2. The largest absolute Gasteiger partial charge is 0.459 e. The first-order valence-corrected chi connectivity index (χ1v) is 7.08. The quantitative estimate of drug-likeness (QED) is 0.596. The molecule has 0 rings (SSSR count). The molecule has 0 aliphatic carbocycles. The van der Waals surface area contributed by atoms with Crippen molar-refractivity contribution in [3.05, 3.63) is 0 Å². The summed E-state index contributed by atoms with van der Waals surface area (Å²) < 4.78 is 193. The molecule has 0 radical (unpaired) electrons. The second-order valence-electron chi connectivity index (χ2n) is 4.59. The van der Waals surface area contributed by atoms with E-state index in [1.54, 1.807) is 0 Å². The van der Waals surface area contributed by atoms with Crippen molar-refractivity contribution >= 4 is 9.84 Å². The average molecular weight is 430 g/mol. The fourth-order valence-corrected chi connectivity index (χ4v) is 2.77. The number of alkyl halides is 14. The van der Waals surface area contributed by atoms with E-state index in [4.69, 9.17) is 0 Å². The van der Waals surface area contributed by atoms with Gasteiger partial charge in [0.15, 0.2) is 9.84 Å². The van der Waals surface area contributed by atoms with Gasteiger partial charge in [-0.2, -0.15) is 61.5 Å². The molecular formula is C8H4F14O2S. The van der Waals surface area contributed by atoms with Crippen molar-refractivity contribution in [2.24, 2.45) is 0 Å². The Hall–Kier alpha value is -1.03. The Bertz CT molecular complexity index is 537. The summed E-state index contributed by atoms with van der Waals surface area (Å²) in [7, 11) is -6.64. The number of halogens is 14. The molecule has 0 amide bonds. The van der Waals surface area contributed by atoms with Gasteiger partial charge in [-0.15, -0.1) is 0 Å². The highest BCUT2D eigenvalue weighted by molar-refractivity contribution is 7.91. The predicted molar refractivity (Wildman–Crippen MR) is 50.6 cm³/mol. The third-order valence-corrected chi connectivity index (χ3v) is 4.04. The number of hydrogen-bond donors (Lipinski definition) is 0. The molecule has 2 nitrogen and oxygen atoms in total. The summed E-state index contributed by atoms with van der Waals surface area (Å²) in [6.07, 6.45) is -14.1. The molecule has 0 aliphatic rings. The predicted octanol–water partition coefficient (Wildman–Crippen LogP) is 4.07. The molecule has 152 valence electrons. The van der Waals surface area contributed by atoms with Crippen molar-refractivity contribution in [2.45, 2.75) is 36.0 Å². The van der Waals surface area contributed by atoms with Crippen LogP contribution in [0.4, 0.5) is 61.5 Å². The van der Waals surface area contributed by atoms with Gasteiger partial charge in [0.1, 0.15) is 11.5 Å². The van der Waals surface area contributed by atoms with E-state index >= 15 is 0 Å². The molecule has 0 fully saturated rings. The van der Waals surface area contributed by atoms with Crippen LogP contribution in [0.25, 0.3) is 0 Å². The molecule has 0 bridgehead atoms. The summed E-state index contributed by atoms with van der Waals surface area (Å²) in [4.78, 5) is 0. The van der Waals surface area contributed by atoms with Crippen molar-refractivity contribution in [3.63, 3.8) is 0 Å². The van der Waals surface area contributed by atoms with E-state index in [0.29, 0.717) is 0 Å². The van der Waals surface area contributed by atoms with Crippen molar-refractivity contribution in [2.75, 3.05) is 11.5 Å². The van der Waals surface area contributed by atoms with Crippen LogP contribution in [-0.2, 0) is 9.84 Å². The van der Waals surface area contributed by atoms with Gasteiger partial charge in [0.2, 0.25) is 0 Å². The molecule has 0 N–H and O–H groups in total. The molecule has 25 heavy (non-hydrogen) atoms. The van der Waals surface area contributed by atoms with Crippen LogP contribution in [0.5, 0.6) is 0 Å². The van der Waals surface area contributed by atoms with Crippen molar-refractivity contribution in [1.29, 1.82) is 0 Å².